The van der Waals surface area contributed by atoms with Gasteiger partial charge in [-0.05, 0) is 23.3 Å². The highest BCUT2D eigenvalue weighted by atomic mass is 35.5. The number of fused-ring (bicyclic) bond motifs is 1. The van der Waals surface area contributed by atoms with Crippen LogP contribution < -0.4 is 5.43 Å². The number of nitrogens with one attached hydrogen (secondary N) is 1. The summed E-state index contributed by atoms with van der Waals surface area (Å²) in [5, 5.41) is 15.2. The summed E-state index contributed by atoms with van der Waals surface area (Å²) in [6.07, 6.45) is -0.879. The topological polar surface area (TPSA) is 97.2 Å². The van der Waals surface area contributed by atoms with E-state index >= 15 is 0 Å². The zero-order valence-corrected chi connectivity index (χ0v) is 15.2. The van der Waals surface area contributed by atoms with Crippen LogP contribution in [0.4, 0.5) is 4.79 Å². The Morgan fingerprint density at radius 3 is 2.70 bits per heavy atom. The van der Waals surface area contributed by atoms with Crippen molar-refractivity contribution in [3.05, 3.63) is 70.2 Å². The molecule has 0 spiro atoms. The van der Waals surface area contributed by atoms with E-state index < -0.39 is 17.7 Å². The summed E-state index contributed by atoms with van der Waals surface area (Å²) in [5.74, 6) is -0.881. The van der Waals surface area contributed by atoms with Gasteiger partial charge in [0.15, 0.2) is 0 Å². The molecule has 0 saturated heterocycles. The van der Waals surface area contributed by atoms with Crippen molar-refractivity contribution in [2.45, 2.75) is 18.6 Å². The number of amides is 1. The molecule has 27 heavy (non-hydrogen) atoms. The van der Waals surface area contributed by atoms with Gasteiger partial charge in [-0.25, -0.2) is 15.0 Å². The van der Waals surface area contributed by atoms with Crippen molar-refractivity contribution in [3.8, 4) is 0 Å². The van der Waals surface area contributed by atoms with Gasteiger partial charge in [-0.2, -0.15) is 5.10 Å². The number of aliphatic hydroxyl groups is 1. The fourth-order valence-corrected chi connectivity index (χ4v) is 3.06. The van der Waals surface area contributed by atoms with Crippen LogP contribution in [0, 0.1) is 0 Å². The second kappa shape index (κ2) is 7.77. The summed E-state index contributed by atoms with van der Waals surface area (Å²) in [5.41, 5.74) is 2.09. The Morgan fingerprint density at radius 2 is 2.00 bits per heavy atom. The second-order valence-electron chi connectivity index (χ2n) is 5.96. The summed E-state index contributed by atoms with van der Waals surface area (Å²) < 4.78 is 9.77. The maximum Gasteiger partial charge on any atom is 0.428 e. The molecular formula is C19H17ClN2O5. The molecule has 7 nitrogen and oxygen atoms in total. The third-order valence-corrected chi connectivity index (χ3v) is 4.39. The molecule has 1 atom stereocenters. The zero-order chi connectivity index (χ0) is 19.4. The van der Waals surface area contributed by atoms with E-state index in [9.17, 15) is 14.7 Å². The van der Waals surface area contributed by atoms with E-state index in [0.29, 0.717) is 16.1 Å². The van der Waals surface area contributed by atoms with E-state index in [1.54, 1.807) is 18.2 Å². The fraction of sp³-hybridized carbons (Fsp3) is 0.211. The van der Waals surface area contributed by atoms with E-state index in [2.05, 4.69) is 10.5 Å². The number of benzene rings is 2. The third kappa shape index (κ3) is 3.94. The summed E-state index contributed by atoms with van der Waals surface area (Å²) in [7, 11) is 1.16. The first-order valence-electron chi connectivity index (χ1n) is 8.08. The highest BCUT2D eigenvalue weighted by Gasteiger charge is 2.49. The highest BCUT2D eigenvalue weighted by molar-refractivity contribution is 6.31. The lowest BCUT2D eigenvalue weighted by Crippen LogP contribution is -2.46. The first kappa shape index (κ1) is 18.9. The van der Waals surface area contributed by atoms with Gasteiger partial charge in [0, 0.05) is 17.0 Å². The zero-order valence-electron chi connectivity index (χ0n) is 14.4. The lowest BCUT2D eigenvalue weighted by atomic mass is 9.99. The Bertz CT molecular complexity index is 900. The molecule has 140 valence electrons. The predicted molar refractivity (Wildman–Crippen MR) is 98.4 cm³/mol. The standard InChI is InChI=1S/C19H17ClN2O5/c1-26-17(23)19(25)10-13-9-14(20)7-8-15(13)16(19)21-22-18(24)27-11-12-5-3-2-4-6-12/h2-9,25H,10-11H2,1H3,(H,22,24)/b21-16-. The van der Waals surface area contributed by atoms with Gasteiger partial charge in [0.2, 0.25) is 5.60 Å². The Hall–Kier alpha value is -2.90. The van der Waals surface area contributed by atoms with Crippen LogP contribution in [-0.2, 0) is 27.3 Å². The maximum absolute atomic E-state index is 12.1. The van der Waals surface area contributed by atoms with Crippen LogP contribution in [-0.4, -0.2) is 35.6 Å². The molecule has 2 aromatic rings. The van der Waals surface area contributed by atoms with Gasteiger partial charge in [-0.15, -0.1) is 0 Å². The summed E-state index contributed by atoms with van der Waals surface area (Å²) in [6.45, 7) is 0.0605. The summed E-state index contributed by atoms with van der Waals surface area (Å²) in [4.78, 5) is 24.1. The number of hydrogen-bond acceptors (Lipinski definition) is 6. The van der Waals surface area contributed by atoms with Crippen LogP contribution in [0.25, 0.3) is 0 Å². The fourth-order valence-electron chi connectivity index (χ4n) is 2.87. The lowest BCUT2D eigenvalue weighted by molar-refractivity contribution is -0.154. The first-order chi connectivity index (χ1) is 12.9. The normalized spacial score (nSPS) is 19.4. The van der Waals surface area contributed by atoms with Crippen molar-refractivity contribution < 1.29 is 24.2 Å². The van der Waals surface area contributed by atoms with Gasteiger partial charge in [-0.3, -0.25) is 0 Å². The van der Waals surface area contributed by atoms with Crippen LogP contribution in [0.3, 0.4) is 0 Å². The molecule has 1 aliphatic rings. The number of halogens is 1. The Labute approximate surface area is 160 Å². The highest BCUT2D eigenvalue weighted by Crippen LogP contribution is 2.33. The van der Waals surface area contributed by atoms with Gasteiger partial charge in [0.05, 0.1) is 7.11 Å². The van der Waals surface area contributed by atoms with Crippen molar-refractivity contribution in [1.29, 1.82) is 0 Å². The molecule has 0 saturated carbocycles. The Kier molecular flexibility index (Phi) is 5.43. The van der Waals surface area contributed by atoms with E-state index in [1.165, 1.54) is 0 Å². The number of rotatable bonds is 4. The quantitative estimate of drug-likeness (QED) is 0.619. The average molecular weight is 389 g/mol. The lowest BCUT2D eigenvalue weighted by Gasteiger charge is -2.20. The molecule has 1 amide bonds. The summed E-state index contributed by atoms with van der Waals surface area (Å²) in [6, 6.07) is 14.0. The predicted octanol–water partition coefficient (Wildman–Crippen LogP) is 2.43. The van der Waals surface area contributed by atoms with Gasteiger partial charge >= 0.3 is 12.1 Å². The van der Waals surface area contributed by atoms with Crippen molar-refractivity contribution in [3.63, 3.8) is 0 Å². The number of nitrogens with zero attached hydrogens (tertiary/aromatic N) is 1. The first-order valence-corrected chi connectivity index (χ1v) is 8.46. The molecule has 0 bridgehead atoms. The molecule has 1 aliphatic carbocycles. The van der Waals surface area contributed by atoms with Crippen LogP contribution >= 0.6 is 11.6 Å². The molecule has 0 fully saturated rings. The van der Waals surface area contributed by atoms with Crippen molar-refractivity contribution in [1.82, 2.24) is 5.43 Å². The number of carbonyl (C=O) groups is 2. The van der Waals surface area contributed by atoms with Crippen LogP contribution in [0.2, 0.25) is 5.02 Å². The number of hydrazone groups is 1. The largest absolute Gasteiger partial charge is 0.467 e. The third-order valence-electron chi connectivity index (χ3n) is 4.16. The molecule has 3 rings (SSSR count). The molecule has 0 heterocycles. The average Bonchev–Trinajstić information content (AvgIpc) is 2.96. The van der Waals surface area contributed by atoms with Crippen molar-refractivity contribution in [2.75, 3.05) is 7.11 Å². The number of hydrogen-bond donors (Lipinski definition) is 2. The minimum absolute atomic E-state index is 0.0299. The van der Waals surface area contributed by atoms with Crippen LogP contribution in [0.1, 0.15) is 16.7 Å². The van der Waals surface area contributed by atoms with Gasteiger partial charge in [-0.1, -0.05) is 48.0 Å². The van der Waals surface area contributed by atoms with Gasteiger partial charge < -0.3 is 14.6 Å². The molecular weight excluding hydrogens is 372 g/mol. The van der Waals surface area contributed by atoms with E-state index in [0.717, 1.165) is 12.7 Å². The number of esters is 1. The number of methoxy groups -OCH3 is 1. The molecule has 2 N–H and O–H groups in total. The van der Waals surface area contributed by atoms with Crippen molar-refractivity contribution >= 4 is 29.4 Å². The van der Waals surface area contributed by atoms with Crippen LogP contribution in [0.5, 0.6) is 0 Å². The van der Waals surface area contributed by atoms with Gasteiger partial charge in [0.1, 0.15) is 12.3 Å². The van der Waals surface area contributed by atoms with E-state index in [4.69, 9.17) is 21.1 Å². The Morgan fingerprint density at radius 1 is 1.26 bits per heavy atom. The van der Waals surface area contributed by atoms with E-state index in [-0.39, 0.29) is 18.7 Å². The minimum atomic E-state index is -2.02. The molecule has 2 aromatic carbocycles. The maximum atomic E-state index is 12.1. The molecule has 1 unspecified atom stereocenters. The molecule has 0 aliphatic heterocycles. The summed E-state index contributed by atoms with van der Waals surface area (Å²) >= 11 is 5.98. The molecule has 0 aromatic heterocycles. The number of carbonyl (C=O) groups excluding carboxylic acids is 2. The second-order valence-corrected chi connectivity index (χ2v) is 6.40. The molecule has 0 radical (unpaired) electrons. The van der Waals surface area contributed by atoms with Crippen molar-refractivity contribution in [2.24, 2.45) is 5.10 Å². The minimum Gasteiger partial charge on any atom is -0.467 e. The smallest absolute Gasteiger partial charge is 0.428 e. The van der Waals surface area contributed by atoms with Crippen LogP contribution in [0.15, 0.2) is 53.6 Å². The Balaban J connectivity index is 1.79. The van der Waals surface area contributed by atoms with E-state index in [1.807, 2.05) is 30.3 Å². The monoisotopic (exact) mass is 388 g/mol. The molecule has 8 heteroatoms. The SMILES string of the molecule is COC(=O)C1(O)Cc2cc(Cl)ccc2/C1=N/NC(=O)OCc1ccccc1. The van der Waals surface area contributed by atoms with Gasteiger partial charge in [0.25, 0.3) is 0 Å². The number of ether oxygens (including phenoxy) is 2.